The molecule has 0 aliphatic carbocycles. The van der Waals surface area contributed by atoms with E-state index in [-0.39, 0.29) is 11.1 Å². The molecule has 0 saturated heterocycles. The first-order valence-electron chi connectivity index (χ1n) is 15.3. The van der Waals surface area contributed by atoms with Crippen molar-refractivity contribution in [3.63, 3.8) is 0 Å². The molecule has 0 fully saturated rings. The van der Waals surface area contributed by atoms with Crippen molar-refractivity contribution < 1.29 is 0 Å². The maximum atomic E-state index is 3.64. The highest BCUT2D eigenvalue weighted by Crippen LogP contribution is 2.25. The van der Waals surface area contributed by atoms with Crippen molar-refractivity contribution >= 4 is 39.3 Å². The van der Waals surface area contributed by atoms with Crippen LogP contribution in [0, 0.1) is 0 Å². The quantitative estimate of drug-likeness (QED) is 0.127. The molecule has 0 radical (unpaired) electrons. The lowest BCUT2D eigenvalue weighted by atomic mass is 9.14. The number of hydrogen-bond donors (Lipinski definition) is 1. The summed E-state index contributed by atoms with van der Waals surface area (Å²) in [4.78, 5) is 2.59. The molecule has 0 spiro atoms. The molecule has 0 unspecified atom stereocenters. The summed E-state index contributed by atoms with van der Waals surface area (Å²) in [5, 5.41) is 0. The second-order valence-electron chi connectivity index (χ2n) is 10.8. The van der Waals surface area contributed by atoms with Gasteiger partial charge in [0.25, 0.3) is 0 Å². The number of para-hydroxylation sites is 1. The van der Waals surface area contributed by atoms with Gasteiger partial charge in [0.2, 0.25) is 0 Å². The van der Waals surface area contributed by atoms with Crippen LogP contribution in [0.3, 0.4) is 0 Å². The maximum absolute atomic E-state index is 3.64. The van der Waals surface area contributed by atoms with Crippen LogP contribution in [-0.4, -0.2) is 6.15 Å². The third kappa shape index (κ3) is 7.68. The molecule has 0 atom stereocenters. The minimum atomic E-state index is -0.913. The molecule has 1 N–H and O–H groups in total. The lowest BCUT2D eigenvalue weighted by Gasteiger charge is -2.43. The first kappa shape index (κ1) is 30.0. The molecule has 0 bridgehead atoms. The summed E-state index contributed by atoms with van der Waals surface area (Å²) in [5.41, 5.74) is 5.47. The summed E-state index contributed by atoms with van der Waals surface area (Å²) >= 11 is -0.152. The fraction of sp³-hybridized carbons (Fsp3) is 0.100. The van der Waals surface area contributed by atoms with Gasteiger partial charge in [-0.2, -0.15) is 27.4 Å². The largest absolute Gasteiger partial charge is 0.200 e. The molecule has 0 saturated carbocycles. The van der Waals surface area contributed by atoms with Crippen LogP contribution in [0.4, 0.5) is 5.69 Å². The highest BCUT2D eigenvalue weighted by Gasteiger charge is 2.29. The van der Waals surface area contributed by atoms with Crippen LogP contribution >= 0.6 is 0 Å². The molecular formula is C40H40BNS. The second kappa shape index (κ2) is 15.7. The molecule has 0 heterocycles. The fourth-order valence-corrected chi connectivity index (χ4v) is 7.66. The zero-order chi connectivity index (χ0) is 29.6. The highest BCUT2D eigenvalue weighted by molar-refractivity contribution is 7.98. The van der Waals surface area contributed by atoms with Crippen molar-refractivity contribution in [1.82, 2.24) is 0 Å². The van der Waals surface area contributed by atoms with E-state index in [2.05, 4.69) is 188 Å². The maximum Gasteiger partial charge on any atom is 0.187 e. The monoisotopic (exact) mass is 577 g/mol. The van der Waals surface area contributed by atoms with Crippen molar-refractivity contribution in [2.75, 3.05) is 4.72 Å². The van der Waals surface area contributed by atoms with E-state index in [9.17, 15) is 0 Å². The van der Waals surface area contributed by atoms with Crippen molar-refractivity contribution in [2.45, 2.75) is 35.9 Å². The van der Waals surface area contributed by atoms with Crippen molar-refractivity contribution in [2.24, 2.45) is 0 Å². The normalized spacial score (nSPS) is 10.9. The Kier molecular flexibility index (Phi) is 10.9. The minimum Gasteiger partial charge on any atom is -0.200 e. The Morgan fingerprint density at radius 1 is 0.442 bits per heavy atom. The zero-order valence-corrected chi connectivity index (χ0v) is 25.7. The predicted octanol–water partition coefficient (Wildman–Crippen LogP) is 8.71. The molecule has 6 aromatic rings. The molecule has 6 aromatic carbocycles. The molecule has 43 heavy (non-hydrogen) atoms. The lowest BCUT2D eigenvalue weighted by molar-refractivity contribution is 0.874. The Bertz CT molecular complexity index is 1460. The molecular weight excluding hydrogens is 537 g/mol. The third-order valence-corrected chi connectivity index (χ3v) is 9.97. The molecule has 0 aliphatic heterocycles. The number of rotatable bonds is 10. The molecule has 1 nitrogen and oxygen atoms in total. The van der Waals surface area contributed by atoms with Gasteiger partial charge in [-0.25, -0.2) is 0 Å². The van der Waals surface area contributed by atoms with Crippen LogP contribution < -0.4 is 21.1 Å². The summed E-state index contributed by atoms with van der Waals surface area (Å²) in [6, 6.07) is 64.7. The Morgan fingerprint density at radius 2 is 0.767 bits per heavy atom. The van der Waals surface area contributed by atoms with Crippen LogP contribution in [-0.2, 0) is 11.1 Å². The van der Waals surface area contributed by atoms with Gasteiger partial charge >= 0.3 is 0 Å². The van der Waals surface area contributed by atoms with Gasteiger partial charge in [-0.1, -0.05) is 165 Å². The van der Waals surface area contributed by atoms with Gasteiger partial charge in [-0.05, 0) is 36.4 Å². The summed E-state index contributed by atoms with van der Waals surface area (Å²) in [6.45, 7) is 2.28. The number of anilines is 1. The van der Waals surface area contributed by atoms with E-state index in [0.29, 0.717) is 0 Å². The molecule has 0 aromatic heterocycles. The minimum absolute atomic E-state index is 0.152. The van der Waals surface area contributed by atoms with E-state index < -0.39 is 6.15 Å². The van der Waals surface area contributed by atoms with Gasteiger partial charge in [-0.3, -0.25) is 0 Å². The average molecular weight is 578 g/mol. The first-order valence-corrected chi connectivity index (χ1v) is 16.5. The van der Waals surface area contributed by atoms with Gasteiger partial charge in [0.1, 0.15) is 0 Å². The van der Waals surface area contributed by atoms with Gasteiger partial charge in [0.05, 0.1) is 11.8 Å². The molecule has 0 aliphatic rings. The molecule has 6 rings (SSSR count). The highest BCUT2D eigenvalue weighted by atomic mass is 32.2. The van der Waals surface area contributed by atoms with E-state index in [0.717, 1.165) is 5.69 Å². The fourth-order valence-electron chi connectivity index (χ4n) is 5.92. The standard InChI is InChI=1S/C22H24B.C18H16NS/c1-2-3-19-23(20-13-7-4-8-14-20,21-15-9-5-10-16-21)22-17-11-6-12-18-22;1-4-10-16(11-5-1)19-20(17-12-6-2-7-13-17)18-14-8-3-9-15-18/h4-18H,2-3,19H2,1H3;1-15,19H/q-1;+1. The van der Waals surface area contributed by atoms with Gasteiger partial charge in [0.15, 0.2) is 20.9 Å². The number of benzene rings is 6. The van der Waals surface area contributed by atoms with Gasteiger partial charge in [-0.15, -0.1) is 0 Å². The van der Waals surface area contributed by atoms with Crippen LogP contribution in [0.25, 0.3) is 0 Å². The van der Waals surface area contributed by atoms with Gasteiger partial charge in [0, 0.05) is 0 Å². The zero-order valence-electron chi connectivity index (χ0n) is 24.9. The summed E-state index contributed by atoms with van der Waals surface area (Å²) in [6.07, 6.45) is 2.73. The first-order chi connectivity index (χ1) is 21.3. The summed E-state index contributed by atoms with van der Waals surface area (Å²) in [5.74, 6) is 0. The predicted molar refractivity (Wildman–Crippen MR) is 191 cm³/mol. The van der Waals surface area contributed by atoms with Crippen molar-refractivity contribution in [1.29, 1.82) is 0 Å². The second-order valence-corrected chi connectivity index (χ2v) is 12.6. The third-order valence-electron chi connectivity index (χ3n) is 8.05. The Balaban J connectivity index is 0.000000173. The van der Waals surface area contributed by atoms with E-state index >= 15 is 0 Å². The number of unbranched alkanes of at least 4 members (excludes halogenated alkanes) is 1. The number of hydrogen-bond acceptors (Lipinski definition) is 1. The number of nitrogens with one attached hydrogen (secondary N) is 1. The van der Waals surface area contributed by atoms with Crippen LogP contribution in [0.1, 0.15) is 19.8 Å². The lowest BCUT2D eigenvalue weighted by Crippen LogP contribution is -2.66. The molecule has 3 heteroatoms. The Labute approximate surface area is 261 Å². The SMILES string of the molecule is CCCC[B-](c1ccccc1)(c1ccccc1)c1ccccc1.c1ccc(N[S+](c2ccccc2)c2ccccc2)cc1. The van der Waals surface area contributed by atoms with Crippen LogP contribution in [0.15, 0.2) is 192 Å². The Morgan fingerprint density at radius 3 is 1.12 bits per heavy atom. The van der Waals surface area contributed by atoms with Crippen molar-refractivity contribution in [3.8, 4) is 0 Å². The van der Waals surface area contributed by atoms with E-state index in [1.807, 2.05) is 6.07 Å². The molecule has 214 valence electrons. The smallest absolute Gasteiger partial charge is 0.187 e. The Hall–Kier alpha value is -4.47. The summed E-state index contributed by atoms with van der Waals surface area (Å²) in [7, 11) is 0. The molecule has 0 amide bonds. The van der Waals surface area contributed by atoms with Gasteiger partial charge < -0.3 is 0 Å². The van der Waals surface area contributed by atoms with E-state index in [1.165, 1.54) is 45.3 Å². The van der Waals surface area contributed by atoms with Crippen LogP contribution in [0.5, 0.6) is 0 Å². The average Bonchev–Trinajstić information content (AvgIpc) is 3.10. The topological polar surface area (TPSA) is 12.0 Å². The van der Waals surface area contributed by atoms with E-state index in [4.69, 9.17) is 0 Å². The summed E-state index contributed by atoms with van der Waals surface area (Å²) < 4.78 is 3.64. The van der Waals surface area contributed by atoms with Crippen molar-refractivity contribution in [3.05, 3.63) is 182 Å². The van der Waals surface area contributed by atoms with Crippen LogP contribution in [0.2, 0.25) is 6.32 Å². The van der Waals surface area contributed by atoms with E-state index in [1.54, 1.807) is 0 Å².